The van der Waals surface area contributed by atoms with Crippen LogP contribution < -0.4 is 5.73 Å². The molecule has 1 heterocycles. The molecule has 1 saturated carbocycles. The van der Waals surface area contributed by atoms with E-state index in [1.165, 1.54) is 37.3 Å². The maximum absolute atomic E-state index is 6.37. The van der Waals surface area contributed by atoms with E-state index in [4.69, 9.17) is 5.73 Å². The van der Waals surface area contributed by atoms with Crippen LogP contribution in [-0.4, -0.2) is 43.0 Å². The first-order valence-electron chi connectivity index (χ1n) is 6.96. The minimum absolute atomic E-state index is 0.0107. The number of hydrogen-bond acceptors (Lipinski definition) is 3. The quantitative estimate of drug-likeness (QED) is 0.873. The van der Waals surface area contributed by atoms with Crippen LogP contribution in [0.2, 0.25) is 0 Å². The SMILES string of the molecule is CN1CCN(Cc2ccccc2C2(N)CC2)CC1. The van der Waals surface area contributed by atoms with Crippen molar-refractivity contribution in [3.8, 4) is 0 Å². The first kappa shape index (κ1) is 12.2. The molecule has 0 aromatic heterocycles. The number of hydrogen-bond donors (Lipinski definition) is 1. The highest BCUT2D eigenvalue weighted by Crippen LogP contribution is 2.44. The van der Waals surface area contributed by atoms with Gasteiger partial charge in [0.15, 0.2) is 0 Å². The van der Waals surface area contributed by atoms with E-state index >= 15 is 0 Å². The minimum atomic E-state index is -0.0107. The van der Waals surface area contributed by atoms with Crippen LogP contribution in [0.25, 0.3) is 0 Å². The van der Waals surface area contributed by atoms with Crippen LogP contribution in [0.5, 0.6) is 0 Å². The van der Waals surface area contributed by atoms with Crippen molar-refractivity contribution in [2.45, 2.75) is 24.9 Å². The molecule has 0 bridgehead atoms. The zero-order valence-electron chi connectivity index (χ0n) is 11.2. The second kappa shape index (κ2) is 4.65. The van der Waals surface area contributed by atoms with Gasteiger partial charge < -0.3 is 10.6 Å². The maximum Gasteiger partial charge on any atom is 0.0414 e. The Balaban J connectivity index is 1.73. The molecule has 1 aromatic carbocycles. The summed E-state index contributed by atoms with van der Waals surface area (Å²) in [5.41, 5.74) is 9.17. The van der Waals surface area contributed by atoms with Gasteiger partial charge in [-0.1, -0.05) is 24.3 Å². The fraction of sp³-hybridized carbons (Fsp3) is 0.600. The van der Waals surface area contributed by atoms with Gasteiger partial charge in [-0.15, -0.1) is 0 Å². The van der Waals surface area contributed by atoms with Gasteiger partial charge in [-0.3, -0.25) is 4.90 Å². The van der Waals surface area contributed by atoms with E-state index in [2.05, 4.69) is 41.1 Å². The third-order valence-electron chi connectivity index (χ3n) is 4.33. The summed E-state index contributed by atoms with van der Waals surface area (Å²) in [6, 6.07) is 8.73. The van der Waals surface area contributed by atoms with Crippen molar-refractivity contribution < 1.29 is 0 Å². The van der Waals surface area contributed by atoms with Crippen molar-refractivity contribution in [2.75, 3.05) is 33.2 Å². The topological polar surface area (TPSA) is 32.5 Å². The van der Waals surface area contributed by atoms with Crippen molar-refractivity contribution in [3.05, 3.63) is 35.4 Å². The number of nitrogens with two attached hydrogens (primary N) is 1. The highest BCUT2D eigenvalue weighted by Gasteiger charge is 2.41. The molecule has 0 radical (unpaired) electrons. The van der Waals surface area contributed by atoms with Crippen LogP contribution in [0.1, 0.15) is 24.0 Å². The molecule has 1 saturated heterocycles. The van der Waals surface area contributed by atoms with Crippen molar-refractivity contribution in [1.82, 2.24) is 9.80 Å². The molecule has 0 unspecified atom stereocenters. The van der Waals surface area contributed by atoms with Gasteiger partial charge in [0, 0.05) is 38.3 Å². The molecular weight excluding hydrogens is 222 g/mol. The number of rotatable bonds is 3. The number of benzene rings is 1. The van der Waals surface area contributed by atoms with Crippen LogP contribution >= 0.6 is 0 Å². The zero-order valence-corrected chi connectivity index (χ0v) is 11.2. The fourth-order valence-electron chi connectivity index (χ4n) is 2.79. The molecular formula is C15H23N3. The van der Waals surface area contributed by atoms with E-state index in [9.17, 15) is 0 Å². The lowest BCUT2D eigenvalue weighted by Gasteiger charge is -2.33. The van der Waals surface area contributed by atoms with Crippen LogP contribution in [0, 0.1) is 0 Å². The Kier molecular flexibility index (Phi) is 3.14. The lowest BCUT2D eigenvalue weighted by Crippen LogP contribution is -2.44. The van der Waals surface area contributed by atoms with E-state index < -0.39 is 0 Å². The molecule has 0 atom stereocenters. The van der Waals surface area contributed by atoms with Gasteiger partial charge in [0.05, 0.1) is 0 Å². The van der Waals surface area contributed by atoms with Gasteiger partial charge in [0.2, 0.25) is 0 Å². The van der Waals surface area contributed by atoms with Crippen molar-refractivity contribution in [2.24, 2.45) is 5.73 Å². The lowest BCUT2D eigenvalue weighted by molar-refractivity contribution is 0.147. The first-order valence-corrected chi connectivity index (χ1v) is 6.96. The van der Waals surface area contributed by atoms with Crippen LogP contribution in [-0.2, 0) is 12.1 Å². The summed E-state index contributed by atoms with van der Waals surface area (Å²) >= 11 is 0. The van der Waals surface area contributed by atoms with Gasteiger partial charge in [-0.05, 0) is 31.0 Å². The maximum atomic E-state index is 6.37. The second-order valence-electron chi connectivity index (χ2n) is 5.89. The molecule has 2 N–H and O–H groups in total. The highest BCUT2D eigenvalue weighted by molar-refractivity contribution is 5.37. The minimum Gasteiger partial charge on any atom is -0.321 e. The van der Waals surface area contributed by atoms with Crippen molar-refractivity contribution in [3.63, 3.8) is 0 Å². The summed E-state index contributed by atoms with van der Waals surface area (Å²) in [5, 5.41) is 0. The van der Waals surface area contributed by atoms with Crippen molar-refractivity contribution in [1.29, 1.82) is 0 Å². The third-order valence-corrected chi connectivity index (χ3v) is 4.33. The number of nitrogens with zero attached hydrogens (tertiary/aromatic N) is 2. The highest BCUT2D eigenvalue weighted by atomic mass is 15.2. The van der Waals surface area contributed by atoms with Crippen LogP contribution in [0.15, 0.2) is 24.3 Å². The molecule has 18 heavy (non-hydrogen) atoms. The van der Waals surface area contributed by atoms with Gasteiger partial charge >= 0.3 is 0 Å². The van der Waals surface area contributed by atoms with E-state index in [-0.39, 0.29) is 5.54 Å². The molecule has 3 rings (SSSR count). The second-order valence-corrected chi connectivity index (χ2v) is 5.89. The average Bonchev–Trinajstić information content (AvgIpc) is 3.12. The monoisotopic (exact) mass is 245 g/mol. The summed E-state index contributed by atoms with van der Waals surface area (Å²) in [6.07, 6.45) is 2.29. The normalized spacial score (nSPS) is 24.1. The molecule has 98 valence electrons. The Morgan fingerprint density at radius 2 is 1.78 bits per heavy atom. The van der Waals surface area contributed by atoms with Gasteiger partial charge in [-0.25, -0.2) is 0 Å². The van der Waals surface area contributed by atoms with E-state index in [0.29, 0.717) is 0 Å². The summed E-state index contributed by atoms with van der Waals surface area (Å²) in [4.78, 5) is 4.94. The van der Waals surface area contributed by atoms with Crippen LogP contribution in [0.4, 0.5) is 0 Å². The lowest BCUT2D eigenvalue weighted by atomic mass is 9.98. The molecule has 0 spiro atoms. The third kappa shape index (κ3) is 2.44. The largest absolute Gasteiger partial charge is 0.321 e. The Hall–Kier alpha value is -0.900. The predicted molar refractivity (Wildman–Crippen MR) is 74.3 cm³/mol. The van der Waals surface area contributed by atoms with Gasteiger partial charge in [0.25, 0.3) is 0 Å². The smallest absolute Gasteiger partial charge is 0.0414 e. The predicted octanol–water partition coefficient (Wildman–Crippen LogP) is 1.38. The summed E-state index contributed by atoms with van der Waals surface area (Å²) in [5.74, 6) is 0. The molecule has 2 aliphatic rings. The number of likely N-dealkylation sites (N-methyl/N-ethyl adjacent to an activating group) is 1. The first-order chi connectivity index (χ1) is 8.67. The average molecular weight is 245 g/mol. The molecule has 2 fully saturated rings. The van der Waals surface area contributed by atoms with E-state index in [1.54, 1.807) is 0 Å². The molecule has 3 heteroatoms. The zero-order chi connectivity index (χ0) is 12.6. The van der Waals surface area contributed by atoms with Gasteiger partial charge in [-0.2, -0.15) is 0 Å². The molecule has 1 aromatic rings. The summed E-state index contributed by atoms with van der Waals surface area (Å²) < 4.78 is 0. The molecule has 1 aliphatic heterocycles. The van der Waals surface area contributed by atoms with E-state index in [0.717, 1.165) is 19.4 Å². The Bertz CT molecular complexity index is 418. The van der Waals surface area contributed by atoms with E-state index in [1.807, 2.05) is 0 Å². The summed E-state index contributed by atoms with van der Waals surface area (Å²) in [7, 11) is 2.20. The molecule has 0 amide bonds. The standard InChI is InChI=1S/C15H23N3/c1-17-8-10-18(11-9-17)12-13-4-2-3-5-14(13)15(16)6-7-15/h2-5H,6-12,16H2,1H3. The molecule has 3 nitrogen and oxygen atoms in total. The Morgan fingerprint density at radius 3 is 2.44 bits per heavy atom. The van der Waals surface area contributed by atoms with Crippen molar-refractivity contribution >= 4 is 0 Å². The summed E-state index contributed by atoms with van der Waals surface area (Å²) in [6.45, 7) is 5.75. The van der Waals surface area contributed by atoms with Crippen LogP contribution in [0.3, 0.4) is 0 Å². The Morgan fingerprint density at radius 1 is 1.11 bits per heavy atom. The Labute approximate surface area is 110 Å². The number of piperazine rings is 1. The molecule has 1 aliphatic carbocycles. The fourth-order valence-corrected chi connectivity index (χ4v) is 2.79. The van der Waals surface area contributed by atoms with Gasteiger partial charge in [0.1, 0.15) is 0 Å².